The summed E-state index contributed by atoms with van der Waals surface area (Å²) in [6.45, 7) is 4.45. The third-order valence-electron chi connectivity index (χ3n) is 3.68. The maximum atomic E-state index is 12.1. The number of hydrogen-bond acceptors (Lipinski definition) is 2. The molecule has 3 unspecified atom stereocenters. The third kappa shape index (κ3) is 3.05. The summed E-state index contributed by atoms with van der Waals surface area (Å²) in [5.74, 6) is 2.16. The zero-order valence-electron chi connectivity index (χ0n) is 10.5. The first kappa shape index (κ1) is 12.1. The zero-order valence-corrected chi connectivity index (χ0v) is 10.5. The molecule has 2 rings (SSSR count). The van der Waals surface area contributed by atoms with Crippen molar-refractivity contribution < 1.29 is 4.79 Å². The molecule has 1 aliphatic carbocycles. The summed E-state index contributed by atoms with van der Waals surface area (Å²) >= 11 is 0. The summed E-state index contributed by atoms with van der Waals surface area (Å²) in [5, 5.41) is 2.91. The molecule has 3 nitrogen and oxygen atoms in total. The molecule has 1 fully saturated rings. The number of amides is 1. The van der Waals surface area contributed by atoms with Crippen LogP contribution in [-0.2, 0) is 4.79 Å². The van der Waals surface area contributed by atoms with E-state index in [2.05, 4.69) is 24.1 Å². The molecule has 0 saturated heterocycles. The van der Waals surface area contributed by atoms with E-state index in [-0.39, 0.29) is 11.8 Å². The molecule has 1 heterocycles. The fourth-order valence-corrected chi connectivity index (χ4v) is 2.71. The van der Waals surface area contributed by atoms with Gasteiger partial charge in [0.05, 0.1) is 0 Å². The van der Waals surface area contributed by atoms with Gasteiger partial charge in [-0.3, -0.25) is 4.79 Å². The van der Waals surface area contributed by atoms with E-state index in [9.17, 15) is 4.79 Å². The van der Waals surface area contributed by atoms with E-state index in [0.29, 0.717) is 11.7 Å². The Bertz CT molecular complexity index is 377. The van der Waals surface area contributed by atoms with Crippen molar-refractivity contribution >= 4 is 11.7 Å². The van der Waals surface area contributed by atoms with Crippen LogP contribution in [0.4, 0.5) is 5.82 Å². The van der Waals surface area contributed by atoms with Crippen LogP contribution in [0.2, 0.25) is 0 Å². The molecule has 0 bridgehead atoms. The monoisotopic (exact) mass is 232 g/mol. The van der Waals surface area contributed by atoms with Crippen molar-refractivity contribution in [2.24, 2.45) is 17.8 Å². The Labute approximate surface area is 103 Å². The first-order valence-corrected chi connectivity index (χ1v) is 6.38. The molecule has 1 aromatic heterocycles. The first-order valence-electron chi connectivity index (χ1n) is 6.38. The normalized spacial score (nSPS) is 28.7. The molecule has 3 atom stereocenters. The number of rotatable bonds is 2. The van der Waals surface area contributed by atoms with Gasteiger partial charge in [-0.25, -0.2) is 4.98 Å². The van der Waals surface area contributed by atoms with Gasteiger partial charge in [-0.15, -0.1) is 0 Å². The molecule has 1 N–H and O–H groups in total. The Hall–Kier alpha value is -1.38. The summed E-state index contributed by atoms with van der Waals surface area (Å²) in [6, 6.07) is 5.56. The lowest BCUT2D eigenvalue weighted by atomic mass is 9.75. The van der Waals surface area contributed by atoms with E-state index in [1.54, 1.807) is 6.20 Å². The van der Waals surface area contributed by atoms with Crippen molar-refractivity contribution in [3.05, 3.63) is 24.4 Å². The van der Waals surface area contributed by atoms with E-state index in [4.69, 9.17) is 0 Å². The summed E-state index contributed by atoms with van der Waals surface area (Å²) < 4.78 is 0. The van der Waals surface area contributed by atoms with Gasteiger partial charge in [0.25, 0.3) is 0 Å². The van der Waals surface area contributed by atoms with Crippen molar-refractivity contribution in [3.8, 4) is 0 Å². The van der Waals surface area contributed by atoms with Crippen LogP contribution in [0, 0.1) is 17.8 Å². The largest absolute Gasteiger partial charge is 0.310 e. The van der Waals surface area contributed by atoms with Gasteiger partial charge in [-0.2, -0.15) is 0 Å². The number of pyridine rings is 1. The molecule has 3 heteroatoms. The number of aromatic nitrogens is 1. The molecule has 0 aromatic carbocycles. The second-order valence-corrected chi connectivity index (χ2v) is 5.21. The quantitative estimate of drug-likeness (QED) is 0.851. The minimum atomic E-state index is 0.128. The van der Waals surface area contributed by atoms with Gasteiger partial charge in [0.2, 0.25) is 5.91 Å². The minimum absolute atomic E-state index is 0.128. The average Bonchev–Trinajstić information content (AvgIpc) is 2.30. The van der Waals surface area contributed by atoms with Crippen molar-refractivity contribution in [1.82, 2.24) is 4.98 Å². The molecule has 92 valence electrons. The summed E-state index contributed by atoms with van der Waals surface area (Å²) in [6.07, 6.45) is 5.01. The van der Waals surface area contributed by atoms with E-state index in [0.717, 1.165) is 25.2 Å². The second-order valence-electron chi connectivity index (χ2n) is 5.21. The molecule has 0 radical (unpaired) electrons. The fourth-order valence-electron chi connectivity index (χ4n) is 2.71. The molecule has 1 aromatic rings. The number of nitrogens with one attached hydrogen (secondary N) is 1. The molecular formula is C14H20N2O. The average molecular weight is 232 g/mol. The number of nitrogens with zero attached hydrogens (tertiary/aromatic N) is 1. The fraction of sp³-hybridized carbons (Fsp3) is 0.571. The lowest BCUT2D eigenvalue weighted by molar-refractivity contribution is -0.122. The van der Waals surface area contributed by atoms with Gasteiger partial charge in [-0.1, -0.05) is 19.9 Å². The second kappa shape index (κ2) is 5.30. The molecular weight excluding hydrogens is 212 g/mol. The van der Waals surface area contributed by atoms with Crippen LogP contribution >= 0.6 is 0 Å². The highest BCUT2D eigenvalue weighted by molar-refractivity contribution is 5.91. The van der Waals surface area contributed by atoms with Crippen molar-refractivity contribution in [2.45, 2.75) is 33.1 Å². The molecule has 1 amide bonds. The smallest absolute Gasteiger partial charge is 0.228 e. The Morgan fingerprint density at radius 2 is 2.18 bits per heavy atom. The number of hydrogen-bond donors (Lipinski definition) is 1. The third-order valence-corrected chi connectivity index (χ3v) is 3.68. The Morgan fingerprint density at radius 3 is 2.82 bits per heavy atom. The van der Waals surface area contributed by atoms with Gasteiger partial charge in [0, 0.05) is 12.1 Å². The lowest BCUT2D eigenvalue weighted by Gasteiger charge is -2.31. The highest BCUT2D eigenvalue weighted by Gasteiger charge is 2.30. The van der Waals surface area contributed by atoms with Gasteiger partial charge in [0.1, 0.15) is 5.82 Å². The zero-order chi connectivity index (χ0) is 12.3. The molecule has 0 spiro atoms. The number of carbonyl (C=O) groups excluding carboxylic acids is 1. The van der Waals surface area contributed by atoms with E-state index < -0.39 is 0 Å². The highest BCUT2D eigenvalue weighted by atomic mass is 16.1. The lowest BCUT2D eigenvalue weighted by Crippen LogP contribution is -2.32. The van der Waals surface area contributed by atoms with Crippen molar-refractivity contribution in [2.75, 3.05) is 5.32 Å². The summed E-state index contributed by atoms with van der Waals surface area (Å²) in [7, 11) is 0. The Balaban J connectivity index is 1.96. The number of anilines is 1. The maximum Gasteiger partial charge on any atom is 0.228 e. The topological polar surface area (TPSA) is 42.0 Å². The molecule has 1 aliphatic rings. The van der Waals surface area contributed by atoms with Gasteiger partial charge in [-0.05, 0) is 43.2 Å². The van der Waals surface area contributed by atoms with Crippen LogP contribution < -0.4 is 5.32 Å². The van der Waals surface area contributed by atoms with Crippen LogP contribution in [0.3, 0.4) is 0 Å². The Morgan fingerprint density at radius 1 is 1.35 bits per heavy atom. The summed E-state index contributed by atoms with van der Waals surface area (Å²) in [5.41, 5.74) is 0. The van der Waals surface area contributed by atoms with Gasteiger partial charge >= 0.3 is 0 Å². The van der Waals surface area contributed by atoms with Gasteiger partial charge in [0.15, 0.2) is 0 Å². The van der Waals surface area contributed by atoms with E-state index in [1.807, 2.05) is 18.2 Å². The van der Waals surface area contributed by atoms with Crippen LogP contribution in [-0.4, -0.2) is 10.9 Å². The molecule has 17 heavy (non-hydrogen) atoms. The predicted octanol–water partition coefficient (Wildman–Crippen LogP) is 3.09. The minimum Gasteiger partial charge on any atom is -0.310 e. The van der Waals surface area contributed by atoms with Crippen LogP contribution in [0.15, 0.2) is 24.4 Å². The number of carbonyl (C=O) groups is 1. The van der Waals surface area contributed by atoms with Crippen molar-refractivity contribution in [1.29, 1.82) is 0 Å². The van der Waals surface area contributed by atoms with Crippen molar-refractivity contribution in [3.63, 3.8) is 0 Å². The first-order chi connectivity index (χ1) is 8.16. The van der Waals surface area contributed by atoms with Gasteiger partial charge < -0.3 is 5.32 Å². The SMILES string of the molecule is CC1CCC(C(=O)Nc2ccccn2)C(C)C1. The standard InChI is InChI=1S/C14H20N2O/c1-10-6-7-12(11(2)9-10)14(17)16-13-5-3-4-8-15-13/h3-5,8,10-12H,6-7,9H2,1-2H3,(H,15,16,17). The van der Waals surface area contributed by atoms with Crippen LogP contribution in [0.1, 0.15) is 33.1 Å². The maximum absolute atomic E-state index is 12.1. The molecule has 0 aliphatic heterocycles. The predicted molar refractivity (Wildman–Crippen MR) is 68.5 cm³/mol. The van der Waals surface area contributed by atoms with Crippen LogP contribution in [0.5, 0.6) is 0 Å². The van der Waals surface area contributed by atoms with E-state index >= 15 is 0 Å². The summed E-state index contributed by atoms with van der Waals surface area (Å²) in [4.78, 5) is 16.3. The van der Waals surface area contributed by atoms with Crippen LogP contribution in [0.25, 0.3) is 0 Å². The van der Waals surface area contributed by atoms with E-state index in [1.165, 1.54) is 0 Å². The Kier molecular flexibility index (Phi) is 3.77. The molecule has 1 saturated carbocycles. The highest BCUT2D eigenvalue weighted by Crippen LogP contribution is 2.33.